The van der Waals surface area contributed by atoms with Crippen molar-refractivity contribution in [2.75, 3.05) is 4.90 Å². The first-order valence-electron chi connectivity index (χ1n) is 10.6. The summed E-state index contributed by atoms with van der Waals surface area (Å²) in [6, 6.07) is 20.6. The summed E-state index contributed by atoms with van der Waals surface area (Å²) in [4.78, 5) is 28.9. The van der Waals surface area contributed by atoms with Gasteiger partial charge >= 0.3 is 0 Å². The molecule has 0 N–H and O–H groups in total. The second-order valence-electron chi connectivity index (χ2n) is 8.55. The zero-order valence-electron chi connectivity index (χ0n) is 18.1. The van der Waals surface area contributed by atoms with Crippen molar-refractivity contribution < 1.29 is 9.21 Å². The van der Waals surface area contributed by atoms with E-state index in [9.17, 15) is 9.59 Å². The monoisotopic (exact) mass is 487 g/mol. The summed E-state index contributed by atoms with van der Waals surface area (Å²) < 4.78 is 6.96. The van der Waals surface area contributed by atoms with Gasteiger partial charge in [0.1, 0.15) is 5.58 Å². The first-order chi connectivity index (χ1) is 15.3. The van der Waals surface area contributed by atoms with Crippen molar-refractivity contribution in [3.8, 4) is 0 Å². The van der Waals surface area contributed by atoms with Gasteiger partial charge in [0.25, 0.3) is 5.91 Å². The maximum Gasteiger partial charge on any atom is 0.295 e. The van der Waals surface area contributed by atoms with Gasteiger partial charge in [0, 0.05) is 10.2 Å². The van der Waals surface area contributed by atoms with Crippen LogP contribution in [-0.4, -0.2) is 5.91 Å². The van der Waals surface area contributed by atoms with Crippen molar-refractivity contribution in [1.29, 1.82) is 0 Å². The minimum atomic E-state index is -0.555. The molecule has 1 unspecified atom stereocenters. The summed E-state index contributed by atoms with van der Waals surface area (Å²) in [6.07, 6.45) is 0. The topological polar surface area (TPSA) is 50.5 Å². The van der Waals surface area contributed by atoms with Crippen molar-refractivity contribution in [2.45, 2.75) is 32.7 Å². The number of benzene rings is 3. The zero-order valence-corrected chi connectivity index (χ0v) is 19.6. The summed E-state index contributed by atoms with van der Waals surface area (Å²) in [5.74, 6) is 0.202. The van der Waals surface area contributed by atoms with E-state index >= 15 is 0 Å². The van der Waals surface area contributed by atoms with E-state index in [2.05, 4.69) is 41.9 Å². The van der Waals surface area contributed by atoms with E-state index in [1.807, 2.05) is 55.5 Å². The van der Waals surface area contributed by atoms with Gasteiger partial charge in [0.05, 0.1) is 17.0 Å². The Labute approximate surface area is 194 Å². The number of hydrogen-bond donors (Lipinski definition) is 0. The number of nitrogens with zero attached hydrogens (tertiary/aromatic N) is 1. The number of carbonyl (C=O) groups is 1. The molecule has 1 aromatic heterocycles. The van der Waals surface area contributed by atoms with Crippen LogP contribution in [0.3, 0.4) is 0 Å². The number of aryl methyl sites for hydroxylation is 1. The number of amides is 1. The van der Waals surface area contributed by atoms with Gasteiger partial charge in [-0.3, -0.25) is 14.5 Å². The largest absolute Gasteiger partial charge is 0.450 e. The van der Waals surface area contributed by atoms with E-state index in [4.69, 9.17) is 4.42 Å². The fourth-order valence-electron chi connectivity index (χ4n) is 4.33. The predicted molar refractivity (Wildman–Crippen MR) is 131 cm³/mol. The Bertz CT molecular complexity index is 1400. The number of hydrogen-bond acceptors (Lipinski definition) is 3. The van der Waals surface area contributed by atoms with Crippen LogP contribution < -0.4 is 10.3 Å². The fraction of sp³-hybridized carbons (Fsp3) is 0.185. The molecule has 5 rings (SSSR count). The molecule has 3 aromatic carbocycles. The fourth-order valence-corrected chi connectivity index (χ4v) is 4.60. The van der Waals surface area contributed by atoms with E-state index in [-0.39, 0.29) is 17.1 Å². The van der Waals surface area contributed by atoms with E-state index < -0.39 is 6.04 Å². The van der Waals surface area contributed by atoms with Gasteiger partial charge in [0.15, 0.2) is 5.43 Å². The highest BCUT2D eigenvalue weighted by Crippen LogP contribution is 2.41. The standard InChI is InChI=1S/C27H22BrNO3/c1-15(2)17-5-7-18(8-6-17)24-23-25(30)21-14-16(3)4-13-22(21)32-26(23)27(31)29(24)20-11-9-19(28)10-12-20/h4-15,24H,1-3H3. The normalized spacial score (nSPS) is 15.6. The molecule has 1 aliphatic rings. The van der Waals surface area contributed by atoms with Crippen molar-refractivity contribution in [2.24, 2.45) is 0 Å². The maximum atomic E-state index is 13.7. The van der Waals surface area contributed by atoms with E-state index in [0.717, 1.165) is 15.6 Å². The summed E-state index contributed by atoms with van der Waals surface area (Å²) in [5, 5.41) is 0.498. The van der Waals surface area contributed by atoms with Crippen molar-refractivity contribution in [3.05, 3.63) is 109 Å². The lowest BCUT2D eigenvalue weighted by molar-refractivity contribution is 0.0971. The number of fused-ring (bicyclic) bond motifs is 2. The molecule has 0 aliphatic carbocycles. The van der Waals surface area contributed by atoms with E-state index in [1.54, 1.807) is 11.0 Å². The van der Waals surface area contributed by atoms with Gasteiger partial charge in [0.2, 0.25) is 5.76 Å². The molecule has 2 heterocycles. The second kappa shape index (κ2) is 7.75. The Morgan fingerprint density at radius 2 is 1.62 bits per heavy atom. The minimum Gasteiger partial charge on any atom is -0.450 e. The molecule has 1 amide bonds. The van der Waals surface area contributed by atoms with Crippen LogP contribution in [0.15, 0.2) is 80.4 Å². The van der Waals surface area contributed by atoms with Gasteiger partial charge in [-0.2, -0.15) is 0 Å². The van der Waals surface area contributed by atoms with Crippen molar-refractivity contribution >= 4 is 38.5 Å². The minimum absolute atomic E-state index is 0.118. The van der Waals surface area contributed by atoms with Crippen molar-refractivity contribution in [1.82, 2.24) is 0 Å². The Balaban J connectivity index is 1.78. The quantitative estimate of drug-likeness (QED) is 0.321. The summed E-state index contributed by atoms with van der Waals surface area (Å²) in [7, 11) is 0. The molecular weight excluding hydrogens is 466 g/mol. The Morgan fingerprint density at radius 3 is 2.28 bits per heavy atom. The zero-order chi connectivity index (χ0) is 22.6. The second-order valence-corrected chi connectivity index (χ2v) is 9.46. The molecule has 0 bridgehead atoms. The van der Waals surface area contributed by atoms with Gasteiger partial charge in [-0.15, -0.1) is 0 Å². The highest BCUT2D eigenvalue weighted by molar-refractivity contribution is 9.10. The molecule has 0 saturated carbocycles. The smallest absolute Gasteiger partial charge is 0.295 e. The first kappa shape index (κ1) is 20.7. The molecule has 0 saturated heterocycles. The van der Waals surface area contributed by atoms with Gasteiger partial charge < -0.3 is 4.42 Å². The molecule has 4 nitrogen and oxygen atoms in total. The van der Waals surface area contributed by atoms with Crippen LogP contribution in [0.1, 0.15) is 58.6 Å². The molecular formula is C27H22BrNO3. The molecule has 5 heteroatoms. The summed E-state index contributed by atoms with van der Waals surface area (Å²) in [6.45, 7) is 6.22. The van der Waals surface area contributed by atoms with Crippen LogP contribution in [-0.2, 0) is 0 Å². The molecule has 160 valence electrons. The van der Waals surface area contributed by atoms with Crippen molar-refractivity contribution in [3.63, 3.8) is 0 Å². The molecule has 0 spiro atoms. The predicted octanol–water partition coefficient (Wildman–Crippen LogP) is 6.74. The Kier molecular flexibility index (Phi) is 5.01. The Hall–Kier alpha value is -3.18. The van der Waals surface area contributed by atoms with Gasteiger partial charge in [-0.1, -0.05) is 65.7 Å². The first-order valence-corrected chi connectivity index (χ1v) is 11.4. The van der Waals surface area contributed by atoms with E-state index in [1.165, 1.54) is 5.56 Å². The average Bonchev–Trinajstić information content (AvgIpc) is 3.07. The maximum absolute atomic E-state index is 13.7. The molecule has 1 atom stereocenters. The lowest BCUT2D eigenvalue weighted by Gasteiger charge is -2.25. The highest BCUT2D eigenvalue weighted by atomic mass is 79.9. The van der Waals surface area contributed by atoms with Crippen LogP contribution in [0.25, 0.3) is 11.0 Å². The number of halogens is 1. The lowest BCUT2D eigenvalue weighted by Crippen LogP contribution is -2.29. The Morgan fingerprint density at radius 1 is 0.938 bits per heavy atom. The highest BCUT2D eigenvalue weighted by Gasteiger charge is 2.43. The van der Waals surface area contributed by atoms with Gasteiger partial charge in [-0.25, -0.2) is 0 Å². The third-order valence-electron chi connectivity index (χ3n) is 6.05. The van der Waals surface area contributed by atoms with Crippen LogP contribution >= 0.6 is 15.9 Å². The van der Waals surface area contributed by atoms with Crippen LogP contribution in [0, 0.1) is 6.92 Å². The molecule has 4 aromatic rings. The van der Waals surface area contributed by atoms with Crippen LogP contribution in [0.2, 0.25) is 0 Å². The molecule has 32 heavy (non-hydrogen) atoms. The SMILES string of the molecule is Cc1ccc2oc3c(c(=O)c2c1)C(c1ccc(C(C)C)cc1)N(c1ccc(Br)cc1)C3=O. The number of carbonyl (C=O) groups excluding carboxylic acids is 1. The van der Waals surface area contributed by atoms with Gasteiger partial charge in [-0.05, 0) is 60.4 Å². The lowest BCUT2D eigenvalue weighted by atomic mass is 9.95. The third-order valence-corrected chi connectivity index (χ3v) is 6.58. The number of anilines is 1. The summed E-state index contributed by atoms with van der Waals surface area (Å²) in [5.41, 5.74) is 4.43. The molecule has 0 radical (unpaired) electrons. The third kappa shape index (κ3) is 3.28. The molecule has 0 fully saturated rings. The molecule has 1 aliphatic heterocycles. The van der Waals surface area contributed by atoms with E-state index in [0.29, 0.717) is 28.1 Å². The summed E-state index contributed by atoms with van der Waals surface area (Å²) >= 11 is 3.45. The van der Waals surface area contributed by atoms with Crippen LogP contribution in [0.4, 0.5) is 5.69 Å². The average molecular weight is 488 g/mol. The van der Waals surface area contributed by atoms with Crippen LogP contribution in [0.5, 0.6) is 0 Å². The number of rotatable bonds is 3.